The monoisotopic (exact) mass is 328 g/mol. The van der Waals surface area contributed by atoms with Crippen LogP contribution in [0.3, 0.4) is 0 Å². The molecule has 6 heteroatoms. The van der Waals surface area contributed by atoms with Crippen molar-refractivity contribution in [3.05, 3.63) is 64.6 Å². The number of hydrogen-bond acceptors (Lipinski definition) is 4. The second kappa shape index (κ2) is 6.70. The average molecular weight is 328 g/mol. The molecule has 3 aromatic rings. The third-order valence-electron chi connectivity index (χ3n) is 3.69. The van der Waals surface area contributed by atoms with Crippen molar-refractivity contribution < 1.29 is 13.9 Å². The van der Waals surface area contributed by atoms with Gasteiger partial charge < -0.3 is 14.0 Å². The summed E-state index contributed by atoms with van der Waals surface area (Å²) in [6, 6.07) is 8.09. The number of halogens is 1. The molecular weight excluding hydrogens is 311 g/mol. The van der Waals surface area contributed by atoms with Crippen LogP contribution in [0.2, 0.25) is 0 Å². The normalized spacial score (nSPS) is 10.8. The molecule has 0 unspecified atom stereocenters. The van der Waals surface area contributed by atoms with E-state index in [0.717, 1.165) is 0 Å². The lowest BCUT2D eigenvalue weighted by Gasteiger charge is -2.09. The van der Waals surface area contributed by atoms with Crippen LogP contribution in [0.4, 0.5) is 4.39 Å². The van der Waals surface area contributed by atoms with Crippen molar-refractivity contribution in [1.82, 2.24) is 9.55 Å². The number of methoxy groups -OCH3 is 1. The molecule has 5 nitrogen and oxygen atoms in total. The topological polar surface area (TPSA) is 53.4 Å². The Bertz CT molecular complexity index is 920. The minimum atomic E-state index is -0.556. The summed E-state index contributed by atoms with van der Waals surface area (Å²) in [5, 5.41) is 0.941. The zero-order chi connectivity index (χ0) is 17.1. The van der Waals surface area contributed by atoms with E-state index in [1.54, 1.807) is 24.5 Å². The zero-order valence-corrected chi connectivity index (χ0v) is 13.5. The summed E-state index contributed by atoms with van der Waals surface area (Å²) >= 11 is 0. The Morgan fingerprint density at radius 3 is 2.75 bits per heavy atom. The smallest absolute Gasteiger partial charge is 0.258 e. The van der Waals surface area contributed by atoms with Gasteiger partial charge in [0, 0.05) is 6.20 Å². The van der Waals surface area contributed by atoms with E-state index >= 15 is 0 Å². The van der Waals surface area contributed by atoms with Gasteiger partial charge in [0.25, 0.3) is 5.56 Å². The molecule has 3 rings (SSSR count). The lowest BCUT2D eigenvalue weighted by Crippen LogP contribution is -2.20. The molecule has 0 fully saturated rings. The minimum absolute atomic E-state index is 0.118. The minimum Gasteiger partial charge on any atom is -0.494 e. The van der Waals surface area contributed by atoms with E-state index in [2.05, 4.69) is 4.98 Å². The summed E-state index contributed by atoms with van der Waals surface area (Å²) in [6.07, 6.45) is 3.29. The molecule has 2 aromatic heterocycles. The molecule has 124 valence electrons. The van der Waals surface area contributed by atoms with Crippen LogP contribution in [-0.4, -0.2) is 23.3 Å². The highest BCUT2D eigenvalue weighted by Crippen LogP contribution is 2.22. The second-order valence-corrected chi connectivity index (χ2v) is 5.24. The Labute approximate surface area is 138 Å². The molecule has 0 bridgehead atoms. The van der Waals surface area contributed by atoms with Crippen molar-refractivity contribution in [3.63, 3.8) is 0 Å². The molecule has 2 heterocycles. The summed E-state index contributed by atoms with van der Waals surface area (Å²) < 4.78 is 25.7. The van der Waals surface area contributed by atoms with Crippen molar-refractivity contribution in [2.45, 2.75) is 13.5 Å². The van der Waals surface area contributed by atoms with Gasteiger partial charge in [-0.2, -0.15) is 0 Å². The van der Waals surface area contributed by atoms with Crippen LogP contribution in [0.25, 0.3) is 10.8 Å². The molecule has 0 saturated heterocycles. The molecule has 0 amide bonds. The van der Waals surface area contributed by atoms with Crippen molar-refractivity contribution in [1.29, 1.82) is 0 Å². The first-order valence-corrected chi connectivity index (χ1v) is 7.56. The highest BCUT2D eigenvalue weighted by molar-refractivity contribution is 5.83. The zero-order valence-electron chi connectivity index (χ0n) is 13.5. The molecule has 0 aliphatic heterocycles. The van der Waals surface area contributed by atoms with Gasteiger partial charge in [0.1, 0.15) is 5.75 Å². The van der Waals surface area contributed by atoms with E-state index in [1.165, 1.54) is 23.8 Å². The lowest BCUT2D eigenvalue weighted by atomic mass is 10.1. The first-order valence-electron chi connectivity index (χ1n) is 7.56. The summed E-state index contributed by atoms with van der Waals surface area (Å²) in [5.74, 6) is 0.244. The SMILES string of the molecule is CCOc1ccc(Cn2ccc3cc(OC)c(F)cc3c2=O)nc1. The van der Waals surface area contributed by atoms with E-state index in [4.69, 9.17) is 9.47 Å². The van der Waals surface area contributed by atoms with Crippen LogP contribution in [0.5, 0.6) is 11.5 Å². The number of benzene rings is 1. The van der Waals surface area contributed by atoms with Gasteiger partial charge in [0.05, 0.1) is 37.5 Å². The third-order valence-corrected chi connectivity index (χ3v) is 3.69. The van der Waals surface area contributed by atoms with Crippen LogP contribution in [0.1, 0.15) is 12.6 Å². The van der Waals surface area contributed by atoms with Crippen LogP contribution in [0, 0.1) is 5.82 Å². The highest BCUT2D eigenvalue weighted by atomic mass is 19.1. The Hall–Kier alpha value is -2.89. The van der Waals surface area contributed by atoms with Crippen LogP contribution in [0.15, 0.2) is 47.5 Å². The predicted octanol–water partition coefficient (Wildman–Crippen LogP) is 2.99. The van der Waals surface area contributed by atoms with Gasteiger partial charge in [0.2, 0.25) is 0 Å². The number of pyridine rings is 2. The van der Waals surface area contributed by atoms with Gasteiger partial charge >= 0.3 is 0 Å². The van der Waals surface area contributed by atoms with Gasteiger partial charge in [-0.15, -0.1) is 0 Å². The largest absolute Gasteiger partial charge is 0.494 e. The molecule has 0 saturated carbocycles. The average Bonchev–Trinajstić information content (AvgIpc) is 2.59. The van der Waals surface area contributed by atoms with Crippen LogP contribution in [-0.2, 0) is 6.54 Å². The summed E-state index contributed by atoms with van der Waals surface area (Å²) in [4.78, 5) is 16.8. The molecule has 24 heavy (non-hydrogen) atoms. The van der Waals surface area contributed by atoms with Gasteiger partial charge in [0.15, 0.2) is 11.6 Å². The number of fused-ring (bicyclic) bond motifs is 1. The number of aromatic nitrogens is 2. The van der Waals surface area contributed by atoms with Crippen LogP contribution >= 0.6 is 0 Å². The van der Waals surface area contributed by atoms with Crippen molar-refractivity contribution in [3.8, 4) is 11.5 Å². The molecule has 0 atom stereocenters. The lowest BCUT2D eigenvalue weighted by molar-refractivity contribution is 0.338. The number of rotatable bonds is 5. The maximum atomic E-state index is 13.9. The van der Waals surface area contributed by atoms with E-state index < -0.39 is 5.82 Å². The van der Waals surface area contributed by atoms with Crippen molar-refractivity contribution >= 4 is 10.8 Å². The fourth-order valence-electron chi connectivity index (χ4n) is 2.50. The van der Waals surface area contributed by atoms with E-state index in [9.17, 15) is 9.18 Å². The second-order valence-electron chi connectivity index (χ2n) is 5.24. The molecule has 0 aliphatic rings. The predicted molar refractivity (Wildman–Crippen MR) is 89.2 cm³/mol. The van der Waals surface area contributed by atoms with Gasteiger partial charge in [-0.25, -0.2) is 4.39 Å². The Morgan fingerprint density at radius 2 is 2.08 bits per heavy atom. The fraction of sp³-hybridized carbons (Fsp3) is 0.222. The summed E-state index contributed by atoms with van der Waals surface area (Å²) in [5.41, 5.74) is 0.443. The van der Waals surface area contributed by atoms with Crippen LogP contribution < -0.4 is 15.0 Å². The molecule has 0 spiro atoms. The van der Waals surface area contributed by atoms with E-state index in [-0.39, 0.29) is 11.3 Å². The first kappa shape index (κ1) is 16.0. The Morgan fingerprint density at radius 1 is 1.25 bits per heavy atom. The molecule has 0 N–H and O–H groups in total. The maximum Gasteiger partial charge on any atom is 0.258 e. The highest BCUT2D eigenvalue weighted by Gasteiger charge is 2.10. The Balaban J connectivity index is 1.95. The van der Waals surface area contributed by atoms with Gasteiger partial charge in [-0.1, -0.05) is 0 Å². The van der Waals surface area contributed by atoms with Crippen molar-refractivity contribution in [2.24, 2.45) is 0 Å². The van der Waals surface area contributed by atoms with Crippen molar-refractivity contribution in [2.75, 3.05) is 13.7 Å². The molecule has 0 radical (unpaired) electrons. The van der Waals surface area contributed by atoms with Gasteiger partial charge in [-0.3, -0.25) is 9.78 Å². The standard InChI is InChI=1S/C18H17FN2O3/c1-3-24-14-5-4-13(20-10-14)11-21-7-6-12-8-17(23-2)16(19)9-15(12)18(21)22/h4-10H,3,11H2,1-2H3. The van der Waals surface area contributed by atoms with E-state index in [1.807, 2.05) is 13.0 Å². The summed E-state index contributed by atoms with van der Waals surface area (Å²) in [6.45, 7) is 2.77. The van der Waals surface area contributed by atoms with E-state index in [0.29, 0.717) is 35.4 Å². The first-order chi connectivity index (χ1) is 11.6. The number of nitrogens with zero attached hydrogens (tertiary/aromatic N) is 2. The number of ether oxygens (including phenoxy) is 2. The number of hydrogen-bond donors (Lipinski definition) is 0. The summed E-state index contributed by atoms with van der Waals surface area (Å²) in [7, 11) is 1.39. The quantitative estimate of drug-likeness (QED) is 0.722. The van der Waals surface area contributed by atoms with Gasteiger partial charge in [-0.05, 0) is 42.6 Å². The molecule has 0 aliphatic carbocycles. The molecular formula is C18H17FN2O3. The molecule has 1 aromatic carbocycles. The maximum absolute atomic E-state index is 13.9. The third kappa shape index (κ3) is 3.08. The Kier molecular flexibility index (Phi) is 4.46. The fourth-order valence-corrected chi connectivity index (χ4v) is 2.50.